The Kier molecular flexibility index (Phi) is 6.67. The van der Waals surface area contributed by atoms with Crippen molar-refractivity contribution in [1.29, 1.82) is 0 Å². The van der Waals surface area contributed by atoms with Crippen LogP contribution in [0, 0.1) is 5.92 Å². The Labute approximate surface area is 120 Å². The first-order valence-corrected chi connectivity index (χ1v) is 6.41. The van der Waals surface area contributed by atoms with Crippen LogP contribution in [0.25, 0.3) is 0 Å². The lowest BCUT2D eigenvalue weighted by Crippen LogP contribution is -2.50. The average molecular weight is 285 g/mol. The normalized spacial score (nSPS) is 14.2. The summed E-state index contributed by atoms with van der Waals surface area (Å²) >= 11 is 0. The molecule has 1 heterocycles. The van der Waals surface area contributed by atoms with E-state index in [0.29, 0.717) is 0 Å². The van der Waals surface area contributed by atoms with E-state index in [2.05, 4.69) is 22.8 Å². The summed E-state index contributed by atoms with van der Waals surface area (Å²) in [7, 11) is 1.67. The quantitative estimate of drug-likeness (QED) is 0.776. The van der Waals surface area contributed by atoms with E-state index in [9.17, 15) is 4.79 Å². The second-order valence-electron chi connectivity index (χ2n) is 4.60. The minimum atomic E-state index is 0. The molecule has 0 unspecified atom stereocenters. The van der Waals surface area contributed by atoms with Crippen LogP contribution >= 0.6 is 12.4 Å². The van der Waals surface area contributed by atoms with Crippen LogP contribution in [0.15, 0.2) is 24.3 Å². The summed E-state index contributed by atoms with van der Waals surface area (Å²) in [5, 5.41) is 6.07. The van der Waals surface area contributed by atoms with Crippen LogP contribution in [0.4, 0.5) is 0 Å². The van der Waals surface area contributed by atoms with Gasteiger partial charge < -0.3 is 15.4 Å². The van der Waals surface area contributed by atoms with Crippen molar-refractivity contribution in [2.45, 2.75) is 12.8 Å². The number of rotatable bonds is 6. The molecule has 5 heteroatoms. The van der Waals surface area contributed by atoms with Gasteiger partial charge in [0.2, 0.25) is 5.91 Å². The molecule has 106 valence electrons. The molecule has 0 saturated carbocycles. The molecule has 2 rings (SSSR count). The maximum absolute atomic E-state index is 11.6. The number of carbonyl (C=O) groups excluding carboxylic acids is 1. The fraction of sp³-hybridized carbons (Fsp3) is 0.500. The van der Waals surface area contributed by atoms with Gasteiger partial charge in [0.25, 0.3) is 0 Å². The van der Waals surface area contributed by atoms with Gasteiger partial charge in [-0.25, -0.2) is 0 Å². The maximum atomic E-state index is 11.6. The third kappa shape index (κ3) is 4.73. The molecular formula is C14H21ClN2O2. The summed E-state index contributed by atoms with van der Waals surface area (Å²) in [6.45, 7) is 2.40. The number of nitrogens with one attached hydrogen (secondary N) is 2. The van der Waals surface area contributed by atoms with E-state index in [0.717, 1.165) is 38.2 Å². The zero-order valence-corrected chi connectivity index (χ0v) is 12.0. The van der Waals surface area contributed by atoms with Gasteiger partial charge in [-0.3, -0.25) is 4.79 Å². The predicted molar refractivity (Wildman–Crippen MR) is 77.9 cm³/mol. The van der Waals surface area contributed by atoms with Crippen LogP contribution in [-0.4, -0.2) is 32.7 Å². The second kappa shape index (κ2) is 8.02. The molecule has 0 aliphatic carbocycles. The van der Waals surface area contributed by atoms with Crippen LogP contribution in [0.5, 0.6) is 5.75 Å². The molecule has 2 N–H and O–H groups in total. The van der Waals surface area contributed by atoms with Gasteiger partial charge >= 0.3 is 0 Å². The van der Waals surface area contributed by atoms with Crippen molar-refractivity contribution in [3.05, 3.63) is 29.8 Å². The van der Waals surface area contributed by atoms with Crippen LogP contribution in [0.3, 0.4) is 0 Å². The number of aryl methyl sites for hydroxylation is 1. The van der Waals surface area contributed by atoms with Crippen molar-refractivity contribution in [2.24, 2.45) is 5.92 Å². The van der Waals surface area contributed by atoms with Crippen LogP contribution in [0.2, 0.25) is 0 Å². The highest BCUT2D eigenvalue weighted by molar-refractivity contribution is 5.85. The molecule has 1 aliphatic rings. The Morgan fingerprint density at radius 2 is 2.05 bits per heavy atom. The fourth-order valence-electron chi connectivity index (χ4n) is 1.91. The number of benzene rings is 1. The lowest BCUT2D eigenvalue weighted by molar-refractivity contribution is -0.126. The SMILES string of the molecule is COc1ccc(CCCNC(=O)C2CNC2)cc1.Cl. The summed E-state index contributed by atoms with van der Waals surface area (Å²) < 4.78 is 5.11. The Hall–Kier alpha value is -1.26. The highest BCUT2D eigenvalue weighted by atomic mass is 35.5. The molecule has 4 nitrogen and oxygen atoms in total. The average Bonchev–Trinajstić information content (AvgIpc) is 2.33. The molecule has 1 fully saturated rings. The zero-order chi connectivity index (χ0) is 12.8. The monoisotopic (exact) mass is 284 g/mol. The number of ether oxygens (including phenoxy) is 1. The van der Waals surface area contributed by atoms with Crippen LogP contribution in [0.1, 0.15) is 12.0 Å². The second-order valence-corrected chi connectivity index (χ2v) is 4.60. The third-order valence-corrected chi connectivity index (χ3v) is 3.25. The molecule has 1 saturated heterocycles. The minimum absolute atomic E-state index is 0. The number of methoxy groups -OCH3 is 1. The molecule has 1 aliphatic heterocycles. The van der Waals surface area contributed by atoms with E-state index in [-0.39, 0.29) is 24.2 Å². The van der Waals surface area contributed by atoms with E-state index >= 15 is 0 Å². The van der Waals surface area contributed by atoms with Gasteiger partial charge in [-0.15, -0.1) is 12.4 Å². The van der Waals surface area contributed by atoms with Crippen molar-refractivity contribution >= 4 is 18.3 Å². The molecule has 0 aromatic heterocycles. The number of carbonyl (C=O) groups is 1. The van der Waals surface area contributed by atoms with Crippen LogP contribution < -0.4 is 15.4 Å². The topological polar surface area (TPSA) is 50.4 Å². The maximum Gasteiger partial charge on any atom is 0.225 e. The molecule has 19 heavy (non-hydrogen) atoms. The van der Waals surface area contributed by atoms with Crippen molar-refractivity contribution < 1.29 is 9.53 Å². The van der Waals surface area contributed by atoms with Gasteiger partial charge in [0.05, 0.1) is 13.0 Å². The number of amides is 1. The van der Waals surface area contributed by atoms with Gasteiger partial charge in [-0.05, 0) is 30.5 Å². The van der Waals surface area contributed by atoms with Gasteiger partial charge in [-0.2, -0.15) is 0 Å². The fourth-order valence-corrected chi connectivity index (χ4v) is 1.91. The zero-order valence-electron chi connectivity index (χ0n) is 11.1. The standard InChI is InChI=1S/C14H20N2O2.ClH/c1-18-13-6-4-11(5-7-13)3-2-8-16-14(17)12-9-15-10-12;/h4-7,12,15H,2-3,8-10H2,1H3,(H,16,17);1H. The van der Waals surface area contributed by atoms with Crippen molar-refractivity contribution in [2.75, 3.05) is 26.7 Å². The highest BCUT2D eigenvalue weighted by Gasteiger charge is 2.23. The third-order valence-electron chi connectivity index (χ3n) is 3.25. The first-order chi connectivity index (χ1) is 8.79. The van der Waals surface area contributed by atoms with E-state index < -0.39 is 0 Å². The van der Waals surface area contributed by atoms with Gasteiger partial charge in [-0.1, -0.05) is 12.1 Å². The summed E-state index contributed by atoms with van der Waals surface area (Å²) in [6, 6.07) is 8.06. The Balaban J connectivity index is 0.00000180. The largest absolute Gasteiger partial charge is 0.497 e. The molecule has 1 aromatic carbocycles. The predicted octanol–water partition coefficient (Wildman–Crippen LogP) is 1.39. The molecular weight excluding hydrogens is 264 g/mol. The first-order valence-electron chi connectivity index (χ1n) is 6.41. The van der Waals surface area contributed by atoms with Crippen molar-refractivity contribution in [3.8, 4) is 5.75 Å². The van der Waals surface area contributed by atoms with Crippen molar-refractivity contribution in [1.82, 2.24) is 10.6 Å². The van der Waals surface area contributed by atoms with E-state index in [1.54, 1.807) is 7.11 Å². The summed E-state index contributed by atoms with van der Waals surface area (Å²) in [4.78, 5) is 11.6. The first kappa shape index (κ1) is 15.8. The molecule has 0 atom stereocenters. The number of hydrogen-bond acceptors (Lipinski definition) is 3. The van der Waals surface area contributed by atoms with E-state index in [4.69, 9.17) is 4.74 Å². The summed E-state index contributed by atoms with van der Waals surface area (Å²) in [6.07, 6.45) is 1.95. The molecule has 0 bridgehead atoms. The lowest BCUT2D eigenvalue weighted by Gasteiger charge is -2.25. The van der Waals surface area contributed by atoms with Gasteiger partial charge in [0, 0.05) is 19.6 Å². The Morgan fingerprint density at radius 3 is 2.58 bits per heavy atom. The smallest absolute Gasteiger partial charge is 0.225 e. The van der Waals surface area contributed by atoms with Gasteiger partial charge in [0.1, 0.15) is 5.75 Å². The van der Waals surface area contributed by atoms with Gasteiger partial charge in [0.15, 0.2) is 0 Å². The molecule has 1 aromatic rings. The number of hydrogen-bond donors (Lipinski definition) is 2. The molecule has 1 amide bonds. The summed E-state index contributed by atoms with van der Waals surface area (Å²) in [5.41, 5.74) is 1.27. The summed E-state index contributed by atoms with van der Waals surface area (Å²) in [5.74, 6) is 1.25. The Morgan fingerprint density at radius 1 is 1.37 bits per heavy atom. The van der Waals surface area contributed by atoms with E-state index in [1.807, 2.05) is 12.1 Å². The van der Waals surface area contributed by atoms with Crippen LogP contribution in [-0.2, 0) is 11.2 Å². The highest BCUT2D eigenvalue weighted by Crippen LogP contribution is 2.12. The van der Waals surface area contributed by atoms with Crippen molar-refractivity contribution in [3.63, 3.8) is 0 Å². The molecule has 0 radical (unpaired) electrons. The Bertz CT molecular complexity index is 391. The number of halogens is 1. The molecule has 0 spiro atoms. The lowest BCUT2D eigenvalue weighted by atomic mass is 10.0. The van der Waals surface area contributed by atoms with E-state index in [1.165, 1.54) is 5.56 Å². The minimum Gasteiger partial charge on any atom is -0.497 e.